The number of nitrogen functional groups attached to an aromatic ring is 1. The third kappa shape index (κ3) is 1.68. The quantitative estimate of drug-likeness (QED) is 0.568. The lowest BCUT2D eigenvalue weighted by Crippen LogP contribution is -2.06. The second-order valence-electron chi connectivity index (χ2n) is 2.25. The van der Waals surface area contributed by atoms with Crippen molar-refractivity contribution in [1.82, 2.24) is 0 Å². The fraction of sp³-hybridized carbons (Fsp3) is 0. The topological polar surface area (TPSA) is 63.3 Å². The average Bonchev–Trinajstić information content (AvgIpc) is 2.01. The van der Waals surface area contributed by atoms with Crippen molar-refractivity contribution in [3.63, 3.8) is 0 Å². The van der Waals surface area contributed by atoms with Gasteiger partial charge in [-0.3, -0.25) is 0 Å². The maximum Gasteiger partial charge on any atom is 0.340 e. The first kappa shape index (κ1) is 10.1. The second-order valence-corrected chi connectivity index (χ2v) is 3.06. The maximum atomic E-state index is 13.0. The van der Waals surface area contributed by atoms with Gasteiger partial charge in [-0.15, -0.1) is 0 Å². The highest BCUT2D eigenvalue weighted by Gasteiger charge is 2.19. The van der Waals surface area contributed by atoms with Gasteiger partial charge in [-0.05, 0) is 6.07 Å². The minimum Gasteiger partial charge on any atom is -0.478 e. The van der Waals surface area contributed by atoms with E-state index in [1.54, 1.807) is 0 Å². The molecule has 6 heteroatoms. The molecule has 0 aromatic heterocycles. The van der Waals surface area contributed by atoms with Crippen molar-refractivity contribution in [1.29, 1.82) is 0 Å². The molecule has 0 unspecified atom stereocenters. The van der Waals surface area contributed by atoms with Gasteiger partial charge >= 0.3 is 5.97 Å². The van der Waals surface area contributed by atoms with Crippen LogP contribution in [0.1, 0.15) is 10.4 Å². The van der Waals surface area contributed by atoms with E-state index in [1.165, 1.54) is 0 Å². The molecule has 0 spiro atoms. The van der Waals surface area contributed by atoms with E-state index < -0.39 is 17.3 Å². The summed E-state index contributed by atoms with van der Waals surface area (Å²) < 4.78 is 13.0. The number of benzene rings is 1. The van der Waals surface area contributed by atoms with Crippen LogP contribution in [0.4, 0.5) is 10.1 Å². The molecule has 1 aromatic rings. The lowest BCUT2D eigenvalue weighted by atomic mass is 10.1. The molecule has 0 saturated carbocycles. The van der Waals surface area contributed by atoms with Crippen molar-refractivity contribution in [3.8, 4) is 0 Å². The van der Waals surface area contributed by atoms with E-state index in [1.807, 2.05) is 0 Å². The molecule has 0 heterocycles. The fourth-order valence-electron chi connectivity index (χ4n) is 0.819. The summed E-state index contributed by atoms with van der Waals surface area (Å²) >= 11 is 10.9. The molecule has 0 saturated heterocycles. The summed E-state index contributed by atoms with van der Waals surface area (Å²) in [5.74, 6) is -2.57. The smallest absolute Gasteiger partial charge is 0.340 e. The first-order valence-corrected chi connectivity index (χ1v) is 3.87. The number of anilines is 1. The third-order valence-electron chi connectivity index (χ3n) is 1.42. The summed E-state index contributed by atoms with van der Waals surface area (Å²) in [7, 11) is 0. The van der Waals surface area contributed by atoms with Gasteiger partial charge in [0.25, 0.3) is 0 Å². The molecule has 0 aliphatic heterocycles. The van der Waals surface area contributed by atoms with Crippen molar-refractivity contribution < 1.29 is 14.3 Å². The molecule has 3 N–H and O–H groups in total. The molecule has 1 aromatic carbocycles. The van der Waals surface area contributed by atoms with Crippen LogP contribution in [-0.4, -0.2) is 11.1 Å². The number of carbonyl (C=O) groups is 1. The standard InChI is InChI=1S/C7H4Cl2FNO2/c8-2-1-3(9)6(11)4(5(2)10)7(12)13/h1H,11H2,(H,12,13). The molecular weight excluding hydrogens is 220 g/mol. The van der Waals surface area contributed by atoms with E-state index in [4.69, 9.17) is 34.0 Å². The number of carboxylic acid groups (broad SMARTS) is 1. The molecule has 70 valence electrons. The first-order chi connectivity index (χ1) is 5.95. The summed E-state index contributed by atoms with van der Waals surface area (Å²) in [6.45, 7) is 0. The van der Waals surface area contributed by atoms with E-state index in [2.05, 4.69) is 0 Å². The molecule has 0 aliphatic carbocycles. The number of aromatic carboxylic acids is 1. The van der Waals surface area contributed by atoms with E-state index in [0.717, 1.165) is 6.07 Å². The van der Waals surface area contributed by atoms with Gasteiger partial charge in [0.05, 0.1) is 15.7 Å². The normalized spacial score (nSPS) is 10.1. The second kappa shape index (κ2) is 3.40. The van der Waals surface area contributed by atoms with Crippen molar-refractivity contribution in [2.75, 3.05) is 5.73 Å². The van der Waals surface area contributed by atoms with Crippen LogP contribution in [0, 0.1) is 5.82 Å². The SMILES string of the molecule is Nc1c(Cl)cc(Cl)c(F)c1C(=O)O. The van der Waals surface area contributed by atoms with Crippen molar-refractivity contribution >= 4 is 34.9 Å². The number of rotatable bonds is 1. The number of nitrogens with two attached hydrogens (primary N) is 1. The molecule has 3 nitrogen and oxygen atoms in total. The minimum absolute atomic E-state index is 0.0798. The Labute approximate surface area is 82.9 Å². The maximum absolute atomic E-state index is 13.0. The summed E-state index contributed by atoms with van der Waals surface area (Å²) in [6.07, 6.45) is 0. The molecule has 0 fully saturated rings. The summed E-state index contributed by atoms with van der Waals surface area (Å²) in [5, 5.41) is 8.11. The third-order valence-corrected chi connectivity index (χ3v) is 2.01. The first-order valence-electron chi connectivity index (χ1n) is 3.11. The van der Waals surface area contributed by atoms with Crippen molar-refractivity contribution in [3.05, 3.63) is 27.5 Å². The Morgan fingerprint density at radius 2 is 2.00 bits per heavy atom. The number of hydrogen-bond donors (Lipinski definition) is 2. The van der Waals surface area contributed by atoms with Crippen LogP contribution in [0.5, 0.6) is 0 Å². The molecule has 0 amide bonds. The lowest BCUT2D eigenvalue weighted by Gasteiger charge is -2.05. The molecule has 0 bridgehead atoms. The average molecular weight is 224 g/mol. The lowest BCUT2D eigenvalue weighted by molar-refractivity contribution is 0.0693. The van der Waals surface area contributed by atoms with Gasteiger partial charge in [0, 0.05) is 0 Å². The Kier molecular flexibility index (Phi) is 2.63. The molecule has 0 aliphatic rings. The van der Waals surface area contributed by atoms with E-state index in [-0.39, 0.29) is 15.7 Å². The molecule has 0 radical (unpaired) electrons. The van der Waals surface area contributed by atoms with Crippen LogP contribution in [-0.2, 0) is 0 Å². The van der Waals surface area contributed by atoms with Gasteiger partial charge in [-0.2, -0.15) is 0 Å². The Balaban J connectivity index is 3.56. The van der Waals surface area contributed by atoms with Crippen LogP contribution >= 0.6 is 23.2 Å². The highest BCUT2D eigenvalue weighted by atomic mass is 35.5. The molecule has 1 rings (SSSR count). The van der Waals surface area contributed by atoms with Gasteiger partial charge in [-0.1, -0.05) is 23.2 Å². The van der Waals surface area contributed by atoms with Crippen LogP contribution < -0.4 is 5.73 Å². The number of carboxylic acids is 1. The largest absolute Gasteiger partial charge is 0.478 e. The zero-order valence-electron chi connectivity index (χ0n) is 6.14. The van der Waals surface area contributed by atoms with Gasteiger partial charge in [0.15, 0.2) is 5.82 Å². The predicted molar refractivity (Wildman–Crippen MR) is 47.8 cm³/mol. The van der Waals surface area contributed by atoms with Crippen LogP contribution in [0.25, 0.3) is 0 Å². The Morgan fingerprint density at radius 3 is 2.46 bits per heavy atom. The highest BCUT2D eigenvalue weighted by molar-refractivity contribution is 6.37. The monoisotopic (exact) mass is 223 g/mol. The Bertz CT molecular complexity index is 355. The van der Waals surface area contributed by atoms with Crippen LogP contribution in [0.2, 0.25) is 10.0 Å². The van der Waals surface area contributed by atoms with E-state index >= 15 is 0 Å². The molecule has 13 heavy (non-hydrogen) atoms. The summed E-state index contributed by atoms with van der Waals surface area (Å²) in [5.41, 5.74) is 4.22. The van der Waals surface area contributed by atoms with Crippen LogP contribution in [0.15, 0.2) is 6.07 Å². The van der Waals surface area contributed by atoms with Crippen molar-refractivity contribution in [2.45, 2.75) is 0 Å². The summed E-state index contributed by atoms with van der Waals surface area (Å²) in [4.78, 5) is 10.5. The number of hydrogen-bond acceptors (Lipinski definition) is 2. The highest BCUT2D eigenvalue weighted by Crippen LogP contribution is 2.30. The van der Waals surface area contributed by atoms with Crippen molar-refractivity contribution in [2.24, 2.45) is 0 Å². The van der Waals surface area contributed by atoms with Gasteiger partial charge in [0.1, 0.15) is 5.56 Å². The Morgan fingerprint density at radius 1 is 1.46 bits per heavy atom. The minimum atomic E-state index is -1.50. The zero-order valence-corrected chi connectivity index (χ0v) is 7.66. The van der Waals surface area contributed by atoms with E-state index in [0.29, 0.717) is 0 Å². The number of halogens is 3. The van der Waals surface area contributed by atoms with Gasteiger partial charge in [0.2, 0.25) is 0 Å². The van der Waals surface area contributed by atoms with E-state index in [9.17, 15) is 9.18 Å². The van der Waals surface area contributed by atoms with Gasteiger partial charge < -0.3 is 10.8 Å². The zero-order chi connectivity index (χ0) is 10.2. The molecular formula is C7H4Cl2FNO2. The summed E-state index contributed by atoms with van der Waals surface area (Å²) in [6, 6.07) is 1.06. The van der Waals surface area contributed by atoms with Gasteiger partial charge in [-0.25, -0.2) is 9.18 Å². The predicted octanol–water partition coefficient (Wildman–Crippen LogP) is 2.41. The Hall–Kier alpha value is -1.00. The fourth-order valence-corrected chi connectivity index (χ4v) is 1.28. The van der Waals surface area contributed by atoms with Crippen LogP contribution in [0.3, 0.4) is 0 Å². The molecule has 0 atom stereocenters.